The number of carbonyl (C=O) groups is 2. The van der Waals surface area contributed by atoms with Gasteiger partial charge in [0.15, 0.2) is 0 Å². The van der Waals surface area contributed by atoms with Crippen molar-refractivity contribution in [3.8, 4) is 6.07 Å². The monoisotopic (exact) mass is 354 g/mol. The maximum absolute atomic E-state index is 12.6. The highest BCUT2D eigenvalue weighted by Crippen LogP contribution is 2.52. The molecule has 136 valence electrons. The van der Waals surface area contributed by atoms with Gasteiger partial charge in [0.1, 0.15) is 6.07 Å². The van der Waals surface area contributed by atoms with E-state index in [9.17, 15) is 9.59 Å². The quantitative estimate of drug-likeness (QED) is 0.839. The molecule has 0 atom stereocenters. The van der Waals surface area contributed by atoms with Gasteiger partial charge in [0.05, 0.1) is 17.3 Å². The van der Waals surface area contributed by atoms with Crippen LogP contribution >= 0.6 is 0 Å². The molecule has 1 aliphatic carbocycles. The second kappa shape index (κ2) is 5.22. The summed E-state index contributed by atoms with van der Waals surface area (Å²) in [7, 11) is 0. The summed E-state index contributed by atoms with van der Waals surface area (Å²) in [6.07, 6.45) is 7.08. The van der Waals surface area contributed by atoms with Gasteiger partial charge in [-0.25, -0.2) is 4.79 Å². The van der Waals surface area contributed by atoms with E-state index in [2.05, 4.69) is 16.5 Å². The van der Waals surface area contributed by atoms with Crippen molar-refractivity contribution in [2.45, 2.75) is 37.8 Å². The van der Waals surface area contributed by atoms with Gasteiger partial charge in [0.2, 0.25) is 5.91 Å². The zero-order valence-corrected chi connectivity index (χ0v) is 14.6. The lowest BCUT2D eigenvalue weighted by Gasteiger charge is -2.61. The average Bonchev–Trinajstić information content (AvgIpc) is 3.12. The van der Waals surface area contributed by atoms with Gasteiger partial charge in [0.25, 0.3) is 0 Å². The van der Waals surface area contributed by atoms with E-state index in [0.717, 1.165) is 38.9 Å². The van der Waals surface area contributed by atoms with Gasteiger partial charge in [-0.05, 0) is 25.2 Å². The van der Waals surface area contributed by atoms with Crippen LogP contribution in [0.15, 0.2) is 12.4 Å². The number of amides is 3. The van der Waals surface area contributed by atoms with E-state index in [1.165, 1.54) is 0 Å². The highest BCUT2D eigenvalue weighted by molar-refractivity contribution is 5.82. The summed E-state index contributed by atoms with van der Waals surface area (Å²) in [5.74, 6) is 0.694. The predicted molar refractivity (Wildman–Crippen MR) is 90.7 cm³/mol. The first kappa shape index (κ1) is 15.7. The number of hydrogen-bond acceptors (Lipinski definition) is 4. The Morgan fingerprint density at radius 3 is 2.65 bits per heavy atom. The maximum Gasteiger partial charge on any atom is 0.320 e. The van der Waals surface area contributed by atoms with Crippen LogP contribution in [0.2, 0.25) is 0 Å². The largest absolute Gasteiger partial charge is 0.347 e. The summed E-state index contributed by atoms with van der Waals surface area (Å²) >= 11 is 0. The number of carbonyl (C=O) groups excluding carboxylic acids is 2. The SMILES string of the molecule is N#Cc1cnn(CC2CC3(C2)CN(C(=O)N2CC4(CCC(=O)N4)C2)C3)c1. The van der Waals surface area contributed by atoms with Crippen LogP contribution in [0.25, 0.3) is 0 Å². The van der Waals surface area contributed by atoms with E-state index in [1.807, 2.05) is 14.5 Å². The summed E-state index contributed by atoms with van der Waals surface area (Å²) < 4.78 is 1.85. The van der Waals surface area contributed by atoms with E-state index in [0.29, 0.717) is 36.4 Å². The van der Waals surface area contributed by atoms with Crippen LogP contribution in [0.1, 0.15) is 31.2 Å². The van der Waals surface area contributed by atoms with Crippen LogP contribution in [0.4, 0.5) is 4.79 Å². The summed E-state index contributed by atoms with van der Waals surface area (Å²) in [6, 6.07) is 2.22. The van der Waals surface area contributed by atoms with E-state index in [4.69, 9.17) is 5.26 Å². The van der Waals surface area contributed by atoms with Gasteiger partial charge in [-0.15, -0.1) is 0 Å². The summed E-state index contributed by atoms with van der Waals surface area (Å²) in [5, 5.41) is 16.1. The molecule has 26 heavy (non-hydrogen) atoms. The molecule has 0 radical (unpaired) electrons. The number of hydrogen-bond donors (Lipinski definition) is 1. The average molecular weight is 354 g/mol. The van der Waals surface area contributed by atoms with Gasteiger partial charge in [-0.1, -0.05) is 0 Å². The van der Waals surface area contributed by atoms with Crippen molar-refractivity contribution in [2.75, 3.05) is 26.2 Å². The molecule has 5 rings (SSSR count). The van der Waals surface area contributed by atoms with Gasteiger partial charge in [0, 0.05) is 50.8 Å². The summed E-state index contributed by atoms with van der Waals surface area (Å²) in [5.41, 5.74) is 0.767. The van der Waals surface area contributed by atoms with Crippen LogP contribution in [-0.4, -0.2) is 63.2 Å². The molecule has 2 spiro atoms. The first-order chi connectivity index (χ1) is 12.5. The molecular formula is C18H22N6O2. The van der Waals surface area contributed by atoms with Crippen LogP contribution in [0, 0.1) is 22.7 Å². The number of nitriles is 1. The number of nitrogens with zero attached hydrogens (tertiary/aromatic N) is 5. The Kier molecular flexibility index (Phi) is 3.15. The molecule has 3 amide bonds. The molecule has 1 aromatic rings. The molecule has 3 aliphatic heterocycles. The van der Waals surface area contributed by atoms with E-state index >= 15 is 0 Å². The first-order valence-corrected chi connectivity index (χ1v) is 9.26. The third-order valence-electron chi connectivity index (χ3n) is 6.47. The highest BCUT2D eigenvalue weighted by Gasteiger charge is 2.56. The Bertz CT molecular complexity index is 804. The molecule has 4 aliphatic rings. The topological polar surface area (TPSA) is 94.3 Å². The lowest BCUT2D eigenvalue weighted by Crippen LogP contribution is -2.73. The van der Waals surface area contributed by atoms with Crippen LogP contribution in [0.3, 0.4) is 0 Å². The molecule has 4 heterocycles. The van der Waals surface area contributed by atoms with Gasteiger partial charge >= 0.3 is 6.03 Å². The molecule has 8 nitrogen and oxygen atoms in total. The smallest absolute Gasteiger partial charge is 0.320 e. The Morgan fingerprint density at radius 2 is 2.04 bits per heavy atom. The maximum atomic E-state index is 12.6. The number of urea groups is 1. The molecule has 8 heteroatoms. The Balaban J connectivity index is 1.07. The molecule has 1 aromatic heterocycles. The molecule has 1 N–H and O–H groups in total. The molecule has 0 aromatic carbocycles. The minimum atomic E-state index is -0.136. The van der Waals surface area contributed by atoms with Crippen molar-refractivity contribution in [3.05, 3.63) is 18.0 Å². The van der Waals surface area contributed by atoms with Crippen molar-refractivity contribution in [2.24, 2.45) is 11.3 Å². The van der Waals surface area contributed by atoms with Crippen molar-refractivity contribution in [1.29, 1.82) is 5.26 Å². The fraction of sp³-hybridized carbons (Fsp3) is 0.667. The minimum Gasteiger partial charge on any atom is -0.347 e. The standard InChI is InChI=1S/C18H22N6O2/c19-5-14-6-20-24(8-14)7-13-3-17(4-13)9-22(10-17)16(26)23-11-18(12-23)2-1-15(25)21-18/h6,8,13H,1-4,7,9-12H2,(H,21,25). The fourth-order valence-electron chi connectivity index (χ4n) is 5.27. The Hall–Kier alpha value is -2.56. The predicted octanol–water partition coefficient (Wildman–Crippen LogP) is 0.551. The zero-order valence-electron chi connectivity index (χ0n) is 14.6. The Labute approximate surface area is 151 Å². The van der Waals surface area contributed by atoms with Crippen LogP contribution in [0.5, 0.6) is 0 Å². The van der Waals surface area contributed by atoms with E-state index in [-0.39, 0.29) is 17.5 Å². The number of likely N-dealkylation sites (tertiary alicyclic amines) is 2. The van der Waals surface area contributed by atoms with Gasteiger partial charge < -0.3 is 15.1 Å². The van der Waals surface area contributed by atoms with Crippen LogP contribution in [-0.2, 0) is 11.3 Å². The highest BCUT2D eigenvalue weighted by atomic mass is 16.2. The molecule has 1 saturated carbocycles. The van der Waals surface area contributed by atoms with Crippen LogP contribution < -0.4 is 5.32 Å². The second-order valence-electron chi connectivity index (χ2n) is 8.66. The van der Waals surface area contributed by atoms with Crippen molar-refractivity contribution in [1.82, 2.24) is 24.9 Å². The second-order valence-corrected chi connectivity index (χ2v) is 8.66. The van der Waals surface area contributed by atoms with Gasteiger partial charge in [-0.2, -0.15) is 10.4 Å². The number of rotatable bonds is 2. The Morgan fingerprint density at radius 1 is 1.31 bits per heavy atom. The van der Waals surface area contributed by atoms with Gasteiger partial charge in [-0.3, -0.25) is 9.48 Å². The lowest BCUT2D eigenvalue weighted by atomic mass is 9.58. The molecule has 3 saturated heterocycles. The molecular weight excluding hydrogens is 332 g/mol. The van der Waals surface area contributed by atoms with Crippen molar-refractivity contribution < 1.29 is 9.59 Å². The van der Waals surface area contributed by atoms with Crippen molar-refractivity contribution in [3.63, 3.8) is 0 Å². The van der Waals surface area contributed by atoms with E-state index in [1.54, 1.807) is 12.4 Å². The summed E-state index contributed by atoms with van der Waals surface area (Å²) in [4.78, 5) is 27.8. The first-order valence-electron chi connectivity index (χ1n) is 9.26. The zero-order chi connectivity index (χ0) is 17.9. The van der Waals surface area contributed by atoms with E-state index < -0.39 is 0 Å². The number of nitrogens with one attached hydrogen (secondary N) is 1. The summed E-state index contributed by atoms with van der Waals surface area (Å²) in [6.45, 7) is 3.86. The van der Waals surface area contributed by atoms with Crippen molar-refractivity contribution >= 4 is 11.9 Å². The molecule has 0 bridgehead atoms. The third kappa shape index (κ3) is 2.37. The fourth-order valence-corrected chi connectivity index (χ4v) is 5.27. The lowest BCUT2D eigenvalue weighted by molar-refractivity contribution is -0.120. The minimum absolute atomic E-state index is 0.111. The molecule has 0 unspecified atom stereocenters. The normalized spacial score (nSPS) is 25.4. The molecule has 4 fully saturated rings. The number of aromatic nitrogens is 2. The third-order valence-corrected chi connectivity index (χ3v) is 6.47.